The Balaban J connectivity index is 1.70. The summed E-state index contributed by atoms with van der Waals surface area (Å²) in [6, 6.07) is 16.3. The van der Waals surface area contributed by atoms with E-state index in [-0.39, 0.29) is 0 Å². The molecule has 0 spiro atoms. The highest BCUT2D eigenvalue weighted by Crippen LogP contribution is 2.29. The molecule has 0 radical (unpaired) electrons. The Bertz CT molecular complexity index is 1060. The molecule has 0 atom stereocenters. The van der Waals surface area contributed by atoms with E-state index in [1.807, 2.05) is 22.8 Å². The van der Waals surface area contributed by atoms with E-state index in [9.17, 15) is 0 Å². The maximum absolute atomic E-state index is 5.32. The molecule has 0 saturated carbocycles. The van der Waals surface area contributed by atoms with Crippen molar-refractivity contribution in [2.75, 3.05) is 7.11 Å². The highest BCUT2D eigenvalue weighted by molar-refractivity contribution is 7.98. The molecule has 4 aromatic rings. The molecule has 0 aliphatic heterocycles. The average molecular weight is 389 g/mol. The predicted octanol–water partition coefficient (Wildman–Crippen LogP) is 4.33. The van der Waals surface area contributed by atoms with Gasteiger partial charge in [0.05, 0.1) is 13.3 Å². The zero-order valence-electron chi connectivity index (χ0n) is 15.6. The molecule has 28 heavy (non-hydrogen) atoms. The summed E-state index contributed by atoms with van der Waals surface area (Å²) in [6.45, 7) is 2.07. The van der Waals surface area contributed by atoms with Gasteiger partial charge in [-0.3, -0.25) is 9.55 Å². The van der Waals surface area contributed by atoms with Gasteiger partial charge in [-0.15, -0.1) is 10.2 Å². The van der Waals surface area contributed by atoms with E-state index in [4.69, 9.17) is 4.74 Å². The highest BCUT2D eigenvalue weighted by Gasteiger charge is 2.17. The quantitative estimate of drug-likeness (QED) is 0.457. The Morgan fingerprint density at radius 3 is 2.64 bits per heavy atom. The molecule has 6 nitrogen and oxygen atoms in total. The molecule has 2 aromatic heterocycles. The Morgan fingerprint density at radius 2 is 1.89 bits per heavy atom. The fourth-order valence-corrected chi connectivity index (χ4v) is 3.68. The van der Waals surface area contributed by atoms with Gasteiger partial charge in [0.15, 0.2) is 11.0 Å². The van der Waals surface area contributed by atoms with Gasteiger partial charge in [0.1, 0.15) is 11.4 Å². The molecule has 0 aliphatic carbocycles. The van der Waals surface area contributed by atoms with E-state index in [0.717, 1.165) is 27.9 Å². The van der Waals surface area contributed by atoms with Crippen molar-refractivity contribution in [2.45, 2.75) is 17.8 Å². The molecule has 0 saturated heterocycles. The van der Waals surface area contributed by atoms with Crippen LogP contribution >= 0.6 is 11.8 Å². The maximum Gasteiger partial charge on any atom is 0.196 e. The van der Waals surface area contributed by atoms with Gasteiger partial charge >= 0.3 is 0 Å². The number of aromatic nitrogens is 5. The van der Waals surface area contributed by atoms with Gasteiger partial charge in [0, 0.05) is 23.8 Å². The van der Waals surface area contributed by atoms with Crippen LogP contribution in [0.3, 0.4) is 0 Å². The number of nitrogens with zero attached hydrogens (tertiary/aromatic N) is 5. The molecule has 7 heteroatoms. The van der Waals surface area contributed by atoms with Gasteiger partial charge in [-0.05, 0) is 36.8 Å². The van der Waals surface area contributed by atoms with Crippen LogP contribution in [0.4, 0.5) is 0 Å². The topological polar surface area (TPSA) is 65.7 Å². The molecule has 140 valence electrons. The Labute approximate surface area is 167 Å². The van der Waals surface area contributed by atoms with E-state index in [1.165, 1.54) is 5.56 Å². The van der Waals surface area contributed by atoms with E-state index >= 15 is 0 Å². The van der Waals surface area contributed by atoms with Gasteiger partial charge in [-0.25, -0.2) is 4.98 Å². The molecule has 0 fully saturated rings. The Hall–Kier alpha value is -3.19. The molecule has 0 aliphatic rings. The summed E-state index contributed by atoms with van der Waals surface area (Å²) in [5.74, 6) is 2.27. The van der Waals surface area contributed by atoms with Crippen LogP contribution in [0.15, 0.2) is 72.3 Å². The van der Waals surface area contributed by atoms with Crippen molar-refractivity contribution in [3.8, 4) is 23.0 Å². The second-order valence-corrected chi connectivity index (χ2v) is 7.15. The summed E-state index contributed by atoms with van der Waals surface area (Å²) in [7, 11) is 1.67. The summed E-state index contributed by atoms with van der Waals surface area (Å²) >= 11 is 1.62. The molecular weight excluding hydrogens is 370 g/mol. The smallest absolute Gasteiger partial charge is 0.196 e. The van der Waals surface area contributed by atoms with E-state index in [1.54, 1.807) is 37.5 Å². The summed E-state index contributed by atoms with van der Waals surface area (Å²) in [6.07, 6.45) is 5.01. The normalized spacial score (nSPS) is 10.8. The maximum atomic E-state index is 5.32. The number of rotatable bonds is 6. The minimum Gasteiger partial charge on any atom is -0.497 e. The van der Waals surface area contributed by atoms with Crippen molar-refractivity contribution in [1.82, 2.24) is 24.7 Å². The zero-order chi connectivity index (χ0) is 19.3. The van der Waals surface area contributed by atoms with Crippen LogP contribution in [-0.2, 0) is 5.75 Å². The summed E-state index contributed by atoms with van der Waals surface area (Å²) in [5, 5.41) is 9.62. The van der Waals surface area contributed by atoms with E-state index < -0.39 is 0 Å². The first-order valence-electron chi connectivity index (χ1n) is 8.79. The summed E-state index contributed by atoms with van der Waals surface area (Å²) < 4.78 is 7.34. The largest absolute Gasteiger partial charge is 0.497 e. The van der Waals surface area contributed by atoms with Crippen molar-refractivity contribution in [2.24, 2.45) is 0 Å². The summed E-state index contributed by atoms with van der Waals surface area (Å²) in [4.78, 5) is 8.56. The van der Waals surface area contributed by atoms with Gasteiger partial charge in [0.25, 0.3) is 0 Å². The first kappa shape index (κ1) is 18.2. The second kappa shape index (κ2) is 8.22. The van der Waals surface area contributed by atoms with Crippen molar-refractivity contribution in [1.29, 1.82) is 0 Å². The van der Waals surface area contributed by atoms with Crippen LogP contribution in [0.25, 0.3) is 17.2 Å². The SMILES string of the molecule is COc1cccc(CSc2nnc(-c3cnccn3)n2-c2ccc(C)cc2)c1. The number of aryl methyl sites for hydroxylation is 1. The van der Waals surface area contributed by atoms with Crippen molar-refractivity contribution in [3.63, 3.8) is 0 Å². The Kier molecular flexibility index (Phi) is 5.34. The molecule has 2 aromatic carbocycles. The fourth-order valence-electron chi connectivity index (χ4n) is 2.78. The van der Waals surface area contributed by atoms with Crippen molar-refractivity contribution in [3.05, 3.63) is 78.2 Å². The van der Waals surface area contributed by atoms with Crippen LogP contribution in [-0.4, -0.2) is 31.8 Å². The molecule has 0 N–H and O–H groups in total. The third kappa shape index (κ3) is 3.89. The first-order chi connectivity index (χ1) is 13.7. The predicted molar refractivity (Wildman–Crippen MR) is 110 cm³/mol. The molecule has 2 heterocycles. The monoisotopic (exact) mass is 389 g/mol. The first-order valence-corrected chi connectivity index (χ1v) is 9.78. The molecule has 0 amide bonds. The van der Waals surface area contributed by atoms with Crippen LogP contribution in [0.5, 0.6) is 5.75 Å². The Morgan fingerprint density at radius 1 is 1.04 bits per heavy atom. The lowest BCUT2D eigenvalue weighted by atomic mass is 10.2. The van der Waals surface area contributed by atoms with Crippen LogP contribution < -0.4 is 4.74 Å². The van der Waals surface area contributed by atoms with E-state index in [2.05, 4.69) is 57.4 Å². The number of benzene rings is 2. The van der Waals surface area contributed by atoms with E-state index in [0.29, 0.717) is 11.5 Å². The number of hydrogen-bond donors (Lipinski definition) is 0. The molecule has 0 unspecified atom stereocenters. The minimum absolute atomic E-state index is 0.671. The standard InChI is InChI=1S/C21H19N5OS/c1-15-6-8-17(9-7-15)26-20(19-13-22-10-11-23-19)24-25-21(26)28-14-16-4-3-5-18(12-16)27-2/h3-13H,14H2,1-2H3. The van der Waals surface area contributed by atoms with Gasteiger partial charge in [0.2, 0.25) is 0 Å². The molecular formula is C21H19N5OS. The lowest BCUT2D eigenvalue weighted by Gasteiger charge is -2.10. The fraction of sp³-hybridized carbons (Fsp3) is 0.143. The average Bonchev–Trinajstić information content (AvgIpc) is 3.17. The van der Waals surface area contributed by atoms with Crippen LogP contribution in [0, 0.1) is 6.92 Å². The van der Waals surface area contributed by atoms with Crippen LogP contribution in [0.1, 0.15) is 11.1 Å². The number of ether oxygens (including phenoxy) is 1. The third-order valence-corrected chi connectivity index (χ3v) is 5.22. The van der Waals surface area contributed by atoms with Gasteiger partial charge in [-0.2, -0.15) is 0 Å². The van der Waals surface area contributed by atoms with Crippen LogP contribution in [0.2, 0.25) is 0 Å². The number of methoxy groups -OCH3 is 1. The number of hydrogen-bond acceptors (Lipinski definition) is 6. The lowest BCUT2D eigenvalue weighted by Crippen LogP contribution is -2.01. The minimum atomic E-state index is 0.671. The van der Waals surface area contributed by atoms with Crippen molar-refractivity contribution >= 4 is 11.8 Å². The molecule has 4 rings (SSSR count). The van der Waals surface area contributed by atoms with Gasteiger partial charge < -0.3 is 4.74 Å². The number of thioether (sulfide) groups is 1. The second-order valence-electron chi connectivity index (χ2n) is 6.21. The molecule has 0 bridgehead atoms. The third-order valence-electron chi connectivity index (χ3n) is 4.22. The summed E-state index contributed by atoms with van der Waals surface area (Å²) in [5.41, 5.74) is 4.03. The highest BCUT2D eigenvalue weighted by atomic mass is 32.2. The van der Waals surface area contributed by atoms with Crippen molar-refractivity contribution < 1.29 is 4.74 Å². The van der Waals surface area contributed by atoms with Gasteiger partial charge in [-0.1, -0.05) is 41.6 Å². The lowest BCUT2D eigenvalue weighted by molar-refractivity contribution is 0.414. The zero-order valence-corrected chi connectivity index (χ0v) is 16.4.